The van der Waals surface area contributed by atoms with E-state index >= 15 is 0 Å². The first-order valence-electron chi connectivity index (χ1n) is 7.50. The highest BCUT2D eigenvalue weighted by Crippen LogP contribution is 2.32. The van der Waals surface area contributed by atoms with Gasteiger partial charge in [0.1, 0.15) is 0 Å². The molecule has 0 bridgehead atoms. The molecule has 1 aromatic carbocycles. The summed E-state index contributed by atoms with van der Waals surface area (Å²) >= 11 is 1.66. The molecule has 1 heterocycles. The van der Waals surface area contributed by atoms with Gasteiger partial charge in [0, 0.05) is 42.7 Å². The van der Waals surface area contributed by atoms with Crippen molar-refractivity contribution in [3.63, 3.8) is 0 Å². The lowest BCUT2D eigenvalue weighted by Crippen LogP contribution is -2.52. The summed E-state index contributed by atoms with van der Waals surface area (Å²) in [6.45, 7) is 4.67. The zero-order valence-electron chi connectivity index (χ0n) is 13.4. The van der Waals surface area contributed by atoms with Gasteiger partial charge in [0.15, 0.2) is 11.5 Å². The summed E-state index contributed by atoms with van der Waals surface area (Å²) in [4.78, 5) is 15.3. The molecule has 1 aromatic rings. The maximum absolute atomic E-state index is 12.3. The van der Waals surface area contributed by atoms with E-state index in [1.165, 1.54) is 0 Å². The summed E-state index contributed by atoms with van der Waals surface area (Å²) in [6, 6.07) is 6.11. The smallest absolute Gasteiger partial charge is 0.223 e. The van der Waals surface area contributed by atoms with Crippen LogP contribution < -0.4 is 14.8 Å². The van der Waals surface area contributed by atoms with Crippen LogP contribution in [0.5, 0.6) is 11.5 Å². The molecule has 0 radical (unpaired) electrons. The fourth-order valence-corrected chi connectivity index (χ4v) is 3.38. The standard InChI is InChI=1S/C16H24N2O3S/c1-12-11-17-7-8-18(12)16(19)6-9-22-13-4-5-14(20-2)15(10-13)21-3/h4-5,10,12,17H,6-9,11H2,1-3H3/t12-/m0/s1. The van der Waals surface area contributed by atoms with E-state index in [4.69, 9.17) is 9.47 Å². The average Bonchev–Trinajstić information content (AvgIpc) is 2.55. The Morgan fingerprint density at radius 1 is 1.36 bits per heavy atom. The second kappa shape index (κ2) is 8.29. The van der Waals surface area contributed by atoms with Gasteiger partial charge in [-0.3, -0.25) is 4.79 Å². The first-order valence-corrected chi connectivity index (χ1v) is 8.49. The quantitative estimate of drug-likeness (QED) is 0.811. The zero-order chi connectivity index (χ0) is 15.9. The van der Waals surface area contributed by atoms with E-state index in [1.807, 2.05) is 23.1 Å². The van der Waals surface area contributed by atoms with Crippen LogP contribution in [-0.4, -0.2) is 56.5 Å². The molecule has 1 saturated heterocycles. The number of benzene rings is 1. The van der Waals surface area contributed by atoms with E-state index in [2.05, 4.69) is 12.2 Å². The number of piperazine rings is 1. The van der Waals surface area contributed by atoms with Gasteiger partial charge in [-0.2, -0.15) is 0 Å². The van der Waals surface area contributed by atoms with E-state index in [9.17, 15) is 4.79 Å². The van der Waals surface area contributed by atoms with Crippen molar-refractivity contribution >= 4 is 17.7 Å². The van der Waals surface area contributed by atoms with Crippen molar-refractivity contribution in [3.05, 3.63) is 18.2 Å². The van der Waals surface area contributed by atoms with Gasteiger partial charge < -0.3 is 19.7 Å². The van der Waals surface area contributed by atoms with E-state index in [-0.39, 0.29) is 11.9 Å². The molecule has 1 aliphatic heterocycles. The molecule has 0 aliphatic carbocycles. The maximum atomic E-state index is 12.3. The highest BCUT2D eigenvalue weighted by Gasteiger charge is 2.22. The highest BCUT2D eigenvalue weighted by molar-refractivity contribution is 7.99. The molecule has 0 unspecified atom stereocenters. The number of nitrogens with one attached hydrogen (secondary N) is 1. The lowest BCUT2D eigenvalue weighted by Gasteiger charge is -2.34. The van der Waals surface area contributed by atoms with Gasteiger partial charge in [-0.25, -0.2) is 0 Å². The van der Waals surface area contributed by atoms with Gasteiger partial charge in [0.25, 0.3) is 0 Å². The van der Waals surface area contributed by atoms with Crippen LogP contribution in [0.4, 0.5) is 0 Å². The number of thioether (sulfide) groups is 1. The second-order valence-electron chi connectivity index (χ2n) is 5.26. The predicted molar refractivity (Wildman–Crippen MR) is 88.9 cm³/mol. The first kappa shape index (κ1) is 17.0. The van der Waals surface area contributed by atoms with Crippen molar-refractivity contribution < 1.29 is 14.3 Å². The SMILES string of the molecule is COc1ccc(SCCC(=O)N2CCNC[C@@H]2C)cc1OC. The Labute approximate surface area is 136 Å². The van der Waals surface area contributed by atoms with Crippen molar-refractivity contribution in [2.75, 3.05) is 39.6 Å². The maximum Gasteiger partial charge on any atom is 0.223 e. The number of carbonyl (C=O) groups is 1. The van der Waals surface area contributed by atoms with Crippen LogP contribution in [0.25, 0.3) is 0 Å². The minimum atomic E-state index is 0.238. The average molecular weight is 324 g/mol. The molecule has 0 aromatic heterocycles. The lowest BCUT2D eigenvalue weighted by molar-refractivity contribution is -0.133. The molecule has 5 nitrogen and oxygen atoms in total. The third-order valence-corrected chi connectivity index (χ3v) is 4.76. The third kappa shape index (κ3) is 4.30. The fraction of sp³-hybridized carbons (Fsp3) is 0.562. The van der Waals surface area contributed by atoms with Gasteiger partial charge in [-0.05, 0) is 25.1 Å². The number of methoxy groups -OCH3 is 2. The molecule has 22 heavy (non-hydrogen) atoms. The lowest BCUT2D eigenvalue weighted by atomic mass is 10.2. The molecular formula is C16H24N2O3S. The number of amides is 1. The number of ether oxygens (including phenoxy) is 2. The Morgan fingerprint density at radius 2 is 2.14 bits per heavy atom. The van der Waals surface area contributed by atoms with Crippen LogP contribution >= 0.6 is 11.8 Å². The van der Waals surface area contributed by atoms with Crippen molar-refractivity contribution in [1.82, 2.24) is 10.2 Å². The Bertz CT molecular complexity index is 510. The largest absolute Gasteiger partial charge is 0.493 e. The van der Waals surface area contributed by atoms with E-state index in [0.29, 0.717) is 6.42 Å². The molecule has 1 fully saturated rings. The fourth-order valence-electron chi connectivity index (χ4n) is 2.52. The van der Waals surface area contributed by atoms with Gasteiger partial charge in [0.05, 0.1) is 14.2 Å². The number of hydrogen-bond acceptors (Lipinski definition) is 5. The van der Waals surface area contributed by atoms with Crippen LogP contribution in [0, 0.1) is 0 Å². The molecule has 0 saturated carbocycles. The number of carbonyl (C=O) groups excluding carboxylic acids is 1. The van der Waals surface area contributed by atoms with Crippen LogP contribution in [0.15, 0.2) is 23.1 Å². The molecule has 1 atom stereocenters. The Kier molecular flexibility index (Phi) is 6.39. The summed E-state index contributed by atoms with van der Waals surface area (Å²) in [6.07, 6.45) is 0.559. The molecule has 0 spiro atoms. The van der Waals surface area contributed by atoms with E-state index in [1.54, 1.807) is 26.0 Å². The normalized spacial score (nSPS) is 18.1. The van der Waals surface area contributed by atoms with E-state index < -0.39 is 0 Å². The number of hydrogen-bond donors (Lipinski definition) is 1. The highest BCUT2D eigenvalue weighted by atomic mass is 32.2. The van der Waals surface area contributed by atoms with Crippen LogP contribution in [0.1, 0.15) is 13.3 Å². The van der Waals surface area contributed by atoms with Gasteiger partial charge in [0.2, 0.25) is 5.91 Å². The van der Waals surface area contributed by atoms with Crippen LogP contribution in [-0.2, 0) is 4.79 Å². The topological polar surface area (TPSA) is 50.8 Å². The van der Waals surface area contributed by atoms with Crippen molar-refractivity contribution in [2.45, 2.75) is 24.3 Å². The second-order valence-corrected chi connectivity index (χ2v) is 6.42. The van der Waals surface area contributed by atoms with Gasteiger partial charge in [-0.15, -0.1) is 11.8 Å². The van der Waals surface area contributed by atoms with Crippen molar-refractivity contribution in [3.8, 4) is 11.5 Å². The van der Waals surface area contributed by atoms with Gasteiger partial charge in [-0.1, -0.05) is 0 Å². The minimum absolute atomic E-state index is 0.238. The predicted octanol–water partition coefficient (Wildman–Crippen LogP) is 2.01. The van der Waals surface area contributed by atoms with Gasteiger partial charge >= 0.3 is 0 Å². The summed E-state index contributed by atoms with van der Waals surface area (Å²) in [7, 11) is 3.25. The van der Waals surface area contributed by atoms with Crippen LogP contribution in [0.2, 0.25) is 0 Å². The summed E-state index contributed by atoms with van der Waals surface area (Å²) < 4.78 is 10.5. The molecule has 1 N–H and O–H groups in total. The molecule has 1 aliphatic rings. The monoisotopic (exact) mass is 324 g/mol. The Hall–Kier alpha value is -1.40. The minimum Gasteiger partial charge on any atom is -0.493 e. The summed E-state index contributed by atoms with van der Waals surface area (Å²) in [5, 5.41) is 3.30. The van der Waals surface area contributed by atoms with E-state index in [0.717, 1.165) is 41.8 Å². The molecular weight excluding hydrogens is 300 g/mol. The first-order chi connectivity index (χ1) is 10.7. The molecule has 2 rings (SSSR count). The zero-order valence-corrected chi connectivity index (χ0v) is 14.2. The molecule has 122 valence electrons. The molecule has 6 heteroatoms. The molecule has 1 amide bonds. The Balaban J connectivity index is 1.84. The Morgan fingerprint density at radius 3 is 2.82 bits per heavy atom. The summed E-state index contributed by atoms with van der Waals surface area (Å²) in [5.74, 6) is 2.44. The summed E-state index contributed by atoms with van der Waals surface area (Å²) in [5.41, 5.74) is 0. The number of nitrogens with zero attached hydrogens (tertiary/aromatic N) is 1. The van der Waals surface area contributed by atoms with Crippen LogP contribution in [0.3, 0.4) is 0 Å². The third-order valence-electron chi connectivity index (χ3n) is 3.76. The number of rotatable bonds is 6. The van der Waals surface area contributed by atoms with Crippen molar-refractivity contribution in [1.29, 1.82) is 0 Å². The van der Waals surface area contributed by atoms with Crippen molar-refractivity contribution in [2.24, 2.45) is 0 Å².